The molecule has 0 saturated heterocycles. The van der Waals surface area contributed by atoms with Crippen LogP contribution < -0.4 is 15.0 Å². The highest BCUT2D eigenvalue weighted by atomic mass is 16.5. The molecule has 1 aliphatic heterocycles. The van der Waals surface area contributed by atoms with E-state index in [4.69, 9.17) is 4.74 Å². The number of anilines is 1. The minimum absolute atomic E-state index is 0.00795. The maximum absolute atomic E-state index is 12.3. The van der Waals surface area contributed by atoms with Crippen LogP contribution in [0.4, 0.5) is 5.69 Å². The summed E-state index contributed by atoms with van der Waals surface area (Å²) in [5.74, 6) is 0.826. The summed E-state index contributed by atoms with van der Waals surface area (Å²) < 4.78 is 5.13. The second-order valence-electron chi connectivity index (χ2n) is 6.21. The summed E-state index contributed by atoms with van der Waals surface area (Å²) >= 11 is 0. The van der Waals surface area contributed by atoms with Gasteiger partial charge in [0.05, 0.1) is 7.11 Å². The zero-order chi connectivity index (χ0) is 17.8. The van der Waals surface area contributed by atoms with Crippen LogP contribution in [0.25, 0.3) is 0 Å². The van der Waals surface area contributed by atoms with Crippen molar-refractivity contribution in [1.29, 1.82) is 0 Å². The minimum Gasteiger partial charge on any atom is -0.497 e. The Morgan fingerprint density at radius 3 is 2.56 bits per heavy atom. The average molecular weight is 338 g/mol. The number of amides is 2. The molecule has 1 atom stereocenters. The smallest absolute Gasteiger partial charge is 0.223 e. The molecule has 0 spiro atoms. The van der Waals surface area contributed by atoms with Gasteiger partial charge in [-0.25, -0.2) is 0 Å². The van der Waals surface area contributed by atoms with E-state index in [0.717, 1.165) is 22.6 Å². The topological polar surface area (TPSA) is 58.6 Å². The zero-order valence-electron chi connectivity index (χ0n) is 14.5. The van der Waals surface area contributed by atoms with E-state index in [9.17, 15) is 9.59 Å². The zero-order valence-corrected chi connectivity index (χ0v) is 14.5. The molecule has 1 aliphatic rings. The highest BCUT2D eigenvalue weighted by molar-refractivity contribution is 5.94. The van der Waals surface area contributed by atoms with E-state index in [1.807, 2.05) is 48.5 Å². The molecule has 2 amide bonds. The first-order valence-corrected chi connectivity index (χ1v) is 8.35. The van der Waals surface area contributed by atoms with Crippen LogP contribution in [0.15, 0.2) is 48.5 Å². The number of hydrogen-bond acceptors (Lipinski definition) is 3. The third-order valence-electron chi connectivity index (χ3n) is 4.53. The molecule has 25 heavy (non-hydrogen) atoms. The van der Waals surface area contributed by atoms with Crippen molar-refractivity contribution in [1.82, 2.24) is 5.32 Å². The van der Waals surface area contributed by atoms with E-state index in [1.165, 1.54) is 0 Å². The predicted molar refractivity (Wildman–Crippen MR) is 96.7 cm³/mol. The number of methoxy groups -OCH3 is 1. The molecule has 130 valence electrons. The lowest BCUT2D eigenvalue weighted by Crippen LogP contribution is -2.29. The lowest BCUT2D eigenvalue weighted by atomic mass is 9.97. The summed E-state index contributed by atoms with van der Waals surface area (Å²) in [5.41, 5.74) is 3.01. The van der Waals surface area contributed by atoms with Crippen LogP contribution in [0.3, 0.4) is 0 Å². The highest BCUT2D eigenvalue weighted by Gasteiger charge is 2.31. The van der Waals surface area contributed by atoms with Crippen molar-refractivity contribution in [2.45, 2.75) is 25.8 Å². The lowest BCUT2D eigenvalue weighted by Gasteiger charge is -2.15. The molecule has 0 aromatic heterocycles. The molecule has 2 aromatic rings. The molecule has 0 saturated carbocycles. The molecular formula is C20H22N2O3. The summed E-state index contributed by atoms with van der Waals surface area (Å²) in [5, 5.41) is 2.95. The van der Waals surface area contributed by atoms with Gasteiger partial charge >= 0.3 is 0 Å². The number of rotatable bonds is 5. The van der Waals surface area contributed by atoms with E-state index >= 15 is 0 Å². The SMILES string of the molecule is COc1ccc(CNC(=O)CC2CN(C(C)=O)c3ccccc32)cc1. The van der Waals surface area contributed by atoms with Crippen molar-refractivity contribution in [2.24, 2.45) is 0 Å². The Balaban J connectivity index is 1.60. The molecule has 3 rings (SSSR count). The van der Waals surface area contributed by atoms with Crippen molar-refractivity contribution in [2.75, 3.05) is 18.6 Å². The monoisotopic (exact) mass is 338 g/mol. The number of para-hydroxylation sites is 1. The maximum atomic E-state index is 12.3. The first-order valence-electron chi connectivity index (χ1n) is 8.35. The predicted octanol–water partition coefficient (Wildman–Crippen LogP) is 2.85. The Morgan fingerprint density at radius 1 is 1.16 bits per heavy atom. The number of hydrogen-bond donors (Lipinski definition) is 1. The van der Waals surface area contributed by atoms with Gasteiger partial charge in [0, 0.05) is 38.0 Å². The average Bonchev–Trinajstić information content (AvgIpc) is 2.99. The number of carbonyl (C=O) groups excluding carboxylic acids is 2. The van der Waals surface area contributed by atoms with E-state index in [2.05, 4.69) is 5.32 Å². The number of ether oxygens (including phenoxy) is 1. The van der Waals surface area contributed by atoms with Crippen LogP contribution >= 0.6 is 0 Å². The van der Waals surface area contributed by atoms with E-state index in [0.29, 0.717) is 19.5 Å². The van der Waals surface area contributed by atoms with Gasteiger partial charge in [-0.2, -0.15) is 0 Å². The van der Waals surface area contributed by atoms with Crippen LogP contribution in [0, 0.1) is 0 Å². The second kappa shape index (κ2) is 7.38. The number of nitrogens with one attached hydrogen (secondary N) is 1. The minimum atomic E-state index is -0.0129. The van der Waals surface area contributed by atoms with Crippen molar-refractivity contribution in [3.05, 3.63) is 59.7 Å². The molecule has 0 fully saturated rings. The number of benzene rings is 2. The third-order valence-corrected chi connectivity index (χ3v) is 4.53. The summed E-state index contributed by atoms with van der Waals surface area (Å²) in [4.78, 5) is 25.9. The summed E-state index contributed by atoms with van der Waals surface area (Å²) in [6.07, 6.45) is 0.372. The summed E-state index contributed by atoms with van der Waals surface area (Å²) in [7, 11) is 1.63. The molecule has 1 unspecified atom stereocenters. The van der Waals surface area contributed by atoms with Gasteiger partial charge in [-0.15, -0.1) is 0 Å². The van der Waals surface area contributed by atoms with Crippen LogP contribution in [-0.2, 0) is 16.1 Å². The number of carbonyl (C=O) groups is 2. The van der Waals surface area contributed by atoms with Crippen molar-refractivity contribution in [3.8, 4) is 5.75 Å². The second-order valence-corrected chi connectivity index (χ2v) is 6.21. The molecule has 5 nitrogen and oxygen atoms in total. The lowest BCUT2D eigenvalue weighted by molar-refractivity contribution is -0.122. The first kappa shape index (κ1) is 17.0. The Labute approximate surface area is 147 Å². The fourth-order valence-electron chi connectivity index (χ4n) is 3.21. The fraction of sp³-hybridized carbons (Fsp3) is 0.300. The van der Waals surface area contributed by atoms with Gasteiger partial charge in [-0.3, -0.25) is 9.59 Å². The Bertz CT molecular complexity index is 771. The van der Waals surface area contributed by atoms with Crippen molar-refractivity contribution in [3.63, 3.8) is 0 Å². The largest absolute Gasteiger partial charge is 0.497 e. The Hall–Kier alpha value is -2.82. The molecule has 2 aromatic carbocycles. The number of nitrogens with zero attached hydrogens (tertiary/aromatic N) is 1. The maximum Gasteiger partial charge on any atom is 0.223 e. The third kappa shape index (κ3) is 3.82. The molecule has 1 N–H and O–H groups in total. The Morgan fingerprint density at radius 2 is 1.88 bits per heavy atom. The summed E-state index contributed by atoms with van der Waals surface area (Å²) in [6, 6.07) is 15.4. The summed E-state index contributed by atoms with van der Waals surface area (Å²) in [6.45, 7) is 2.60. The number of fused-ring (bicyclic) bond motifs is 1. The van der Waals surface area contributed by atoms with Crippen molar-refractivity contribution < 1.29 is 14.3 Å². The first-order chi connectivity index (χ1) is 12.1. The van der Waals surface area contributed by atoms with Crippen LogP contribution in [0.5, 0.6) is 5.75 Å². The van der Waals surface area contributed by atoms with E-state index in [1.54, 1.807) is 18.9 Å². The molecule has 1 heterocycles. The van der Waals surface area contributed by atoms with Gasteiger partial charge in [-0.1, -0.05) is 30.3 Å². The van der Waals surface area contributed by atoms with Crippen molar-refractivity contribution >= 4 is 17.5 Å². The quantitative estimate of drug-likeness (QED) is 0.912. The molecule has 0 bridgehead atoms. The van der Waals surface area contributed by atoms with Gasteiger partial charge in [0.25, 0.3) is 0 Å². The van der Waals surface area contributed by atoms with Gasteiger partial charge in [0.2, 0.25) is 11.8 Å². The van der Waals surface area contributed by atoms with Crippen LogP contribution in [0.2, 0.25) is 0 Å². The standard InChI is InChI=1S/C20H22N2O3/c1-14(23)22-13-16(18-5-3-4-6-19(18)22)11-20(24)21-12-15-7-9-17(25-2)10-8-15/h3-10,16H,11-13H2,1-2H3,(H,21,24). The van der Waals surface area contributed by atoms with Gasteiger partial charge in [0.1, 0.15) is 5.75 Å². The highest BCUT2D eigenvalue weighted by Crippen LogP contribution is 2.37. The van der Waals surface area contributed by atoms with Gasteiger partial charge in [0.15, 0.2) is 0 Å². The van der Waals surface area contributed by atoms with Crippen LogP contribution in [-0.4, -0.2) is 25.5 Å². The molecule has 0 aliphatic carbocycles. The van der Waals surface area contributed by atoms with Gasteiger partial charge < -0.3 is 15.0 Å². The van der Waals surface area contributed by atoms with Crippen LogP contribution in [0.1, 0.15) is 30.4 Å². The molecule has 0 radical (unpaired) electrons. The normalized spacial score (nSPS) is 15.6. The fourth-order valence-corrected chi connectivity index (χ4v) is 3.21. The molecular weight excluding hydrogens is 316 g/mol. The molecule has 5 heteroatoms. The van der Waals surface area contributed by atoms with E-state index in [-0.39, 0.29) is 17.7 Å². The Kier molecular flexibility index (Phi) is 5.03. The van der Waals surface area contributed by atoms with Gasteiger partial charge in [-0.05, 0) is 29.3 Å². The van der Waals surface area contributed by atoms with E-state index < -0.39 is 0 Å².